The zero-order valence-corrected chi connectivity index (χ0v) is 8.40. The third-order valence-corrected chi connectivity index (χ3v) is 2.19. The predicted octanol–water partition coefficient (Wildman–Crippen LogP) is 1.37. The van der Waals surface area contributed by atoms with Crippen LogP contribution in [0.25, 0.3) is 0 Å². The molecule has 0 aromatic heterocycles. The number of phenols is 1. The molecule has 0 saturated carbocycles. The number of epoxide rings is 1. The molecule has 1 aliphatic heterocycles. The first-order valence-electron chi connectivity index (χ1n) is 4.75. The van der Waals surface area contributed by atoms with Crippen molar-refractivity contribution < 1.29 is 19.4 Å². The van der Waals surface area contributed by atoms with Gasteiger partial charge in [0.15, 0.2) is 5.78 Å². The minimum atomic E-state index is -0.162. The molecule has 15 heavy (non-hydrogen) atoms. The van der Waals surface area contributed by atoms with E-state index in [4.69, 9.17) is 9.47 Å². The zero-order valence-electron chi connectivity index (χ0n) is 8.40. The van der Waals surface area contributed by atoms with Crippen LogP contribution >= 0.6 is 0 Å². The van der Waals surface area contributed by atoms with E-state index in [1.165, 1.54) is 13.0 Å². The summed E-state index contributed by atoms with van der Waals surface area (Å²) < 4.78 is 10.3. The van der Waals surface area contributed by atoms with E-state index < -0.39 is 0 Å². The Balaban J connectivity index is 2.06. The lowest BCUT2D eigenvalue weighted by atomic mass is 10.1. The summed E-state index contributed by atoms with van der Waals surface area (Å²) in [6.45, 7) is 2.63. The largest absolute Gasteiger partial charge is 0.507 e. The average Bonchev–Trinajstić information content (AvgIpc) is 2.97. The molecule has 0 spiro atoms. The highest BCUT2D eigenvalue weighted by atomic mass is 16.6. The van der Waals surface area contributed by atoms with Crippen molar-refractivity contribution >= 4 is 5.78 Å². The predicted molar refractivity (Wildman–Crippen MR) is 53.3 cm³/mol. The van der Waals surface area contributed by atoms with E-state index in [0.29, 0.717) is 17.9 Å². The number of hydrogen-bond donors (Lipinski definition) is 1. The lowest BCUT2D eigenvalue weighted by Crippen LogP contribution is -2.04. The van der Waals surface area contributed by atoms with Crippen molar-refractivity contribution in [1.29, 1.82) is 0 Å². The monoisotopic (exact) mass is 208 g/mol. The quantitative estimate of drug-likeness (QED) is 0.599. The summed E-state index contributed by atoms with van der Waals surface area (Å²) in [4.78, 5) is 11.0. The standard InChI is InChI=1S/C11H12O4/c1-7(12)10-3-2-8(4-11(10)13)14-5-9-6-15-9/h2-4,9,13H,5-6H2,1H3. The van der Waals surface area contributed by atoms with Gasteiger partial charge in [0, 0.05) is 6.07 Å². The van der Waals surface area contributed by atoms with Gasteiger partial charge in [-0.25, -0.2) is 0 Å². The van der Waals surface area contributed by atoms with E-state index in [2.05, 4.69) is 0 Å². The normalized spacial score (nSPS) is 18.6. The molecule has 4 heteroatoms. The molecule has 1 aliphatic rings. The molecule has 4 nitrogen and oxygen atoms in total. The molecule has 0 aliphatic carbocycles. The minimum Gasteiger partial charge on any atom is -0.507 e. The van der Waals surface area contributed by atoms with E-state index >= 15 is 0 Å². The number of ether oxygens (including phenoxy) is 2. The molecule has 1 heterocycles. The molecular formula is C11H12O4. The Morgan fingerprint density at radius 3 is 2.93 bits per heavy atom. The van der Waals surface area contributed by atoms with Gasteiger partial charge in [0.05, 0.1) is 12.2 Å². The molecule has 0 bridgehead atoms. The Morgan fingerprint density at radius 2 is 2.40 bits per heavy atom. The van der Waals surface area contributed by atoms with E-state index in [1.54, 1.807) is 12.1 Å². The smallest absolute Gasteiger partial charge is 0.163 e. The fraction of sp³-hybridized carbons (Fsp3) is 0.364. The van der Waals surface area contributed by atoms with Gasteiger partial charge < -0.3 is 14.6 Å². The van der Waals surface area contributed by atoms with Gasteiger partial charge in [-0.2, -0.15) is 0 Å². The van der Waals surface area contributed by atoms with Crippen LogP contribution in [0, 0.1) is 0 Å². The fourth-order valence-corrected chi connectivity index (χ4v) is 1.25. The van der Waals surface area contributed by atoms with Gasteiger partial charge in [-0.05, 0) is 19.1 Å². The van der Waals surface area contributed by atoms with Crippen LogP contribution in [0.3, 0.4) is 0 Å². The molecule has 1 fully saturated rings. The third kappa shape index (κ3) is 2.47. The van der Waals surface area contributed by atoms with E-state index in [9.17, 15) is 9.90 Å². The molecular weight excluding hydrogens is 196 g/mol. The van der Waals surface area contributed by atoms with E-state index in [-0.39, 0.29) is 17.6 Å². The summed E-state index contributed by atoms with van der Waals surface area (Å²) >= 11 is 0. The average molecular weight is 208 g/mol. The van der Waals surface area contributed by atoms with Crippen LogP contribution in [0.15, 0.2) is 18.2 Å². The topological polar surface area (TPSA) is 59.1 Å². The van der Waals surface area contributed by atoms with Crippen LogP contribution in [-0.4, -0.2) is 30.2 Å². The number of hydrogen-bond acceptors (Lipinski definition) is 4. The van der Waals surface area contributed by atoms with E-state index in [1.807, 2.05) is 0 Å². The number of ketones is 1. The maximum atomic E-state index is 11.0. The van der Waals surface area contributed by atoms with Crippen molar-refractivity contribution in [1.82, 2.24) is 0 Å². The highest BCUT2D eigenvalue weighted by Crippen LogP contribution is 2.24. The summed E-state index contributed by atoms with van der Waals surface area (Å²) in [6.07, 6.45) is 0.180. The molecule has 0 radical (unpaired) electrons. The summed E-state index contributed by atoms with van der Waals surface area (Å²) in [5.74, 6) is 0.342. The van der Waals surface area contributed by atoms with Crippen LogP contribution in [0.4, 0.5) is 0 Å². The summed E-state index contributed by atoms with van der Waals surface area (Å²) in [7, 11) is 0. The Kier molecular flexibility index (Phi) is 2.60. The number of carbonyl (C=O) groups is 1. The van der Waals surface area contributed by atoms with Gasteiger partial charge in [-0.15, -0.1) is 0 Å². The zero-order chi connectivity index (χ0) is 10.8. The first kappa shape index (κ1) is 9.98. The molecule has 1 N–H and O–H groups in total. The lowest BCUT2D eigenvalue weighted by Gasteiger charge is -2.06. The van der Waals surface area contributed by atoms with Gasteiger partial charge in [-0.1, -0.05) is 0 Å². The highest BCUT2D eigenvalue weighted by molar-refractivity contribution is 5.96. The second kappa shape index (κ2) is 3.90. The first-order chi connectivity index (χ1) is 7.16. The first-order valence-corrected chi connectivity index (χ1v) is 4.75. The SMILES string of the molecule is CC(=O)c1ccc(OCC2CO2)cc1O. The van der Waals surface area contributed by atoms with Gasteiger partial charge in [0.2, 0.25) is 0 Å². The summed E-state index contributed by atoms with van der Waals surface area (Å²) in [5, 5.41) is 9.51. The van der Waals surface area contributed by atoms with Gasteiger partial charge >= 0.3 is 0 Å². The van der Waals surface area contributed by atoms with Crippen molar-refractivity contribution in [2.75, 3.05) is 13.2 Å². The Labute approximate surface area is 87.4 Å². The van der Waals surface area contributed by atoms with Crippen LogP contribution in [-0.2, 0) is 4.74 Å². The Hall–Kier alpha value is -1.55. The van der Waals surface area contributed by atoms with Crippen molar-refractivity contribution in [3.05, 3.63) is 23.8 Å². The molecule has 1 saturated heterocycles. The van der Waals surface area contributed by atoms with Crippen LogP contribution < -0.4 is 4.74 Å². The highest BCUT2D eigenvalue weighted by Gasteiger charge is 2.23. The second-order valence-corrected chi connectivity index (χ2v) is 3.50. The summed E-state index contributed by atoms with van der Waals surface area (Å²) in [6, 6.07) is 4.67. The van der Waals surface area contributed by atoms with E-state index in [0.717, 1.165) is 6.61 Å². The van der Waals surface area contributed by atoms with Crippen molar-refractivity contribution in [3.8, 4) is 11.5 Å². The number of rotatable bonds is 4. The summed E-state index contributed by atoms with van der Waals surface area (Å²) in [5.41, 5.74) is 0.310. The maximum absolute atomic E-state index is 11.0. The van der Waals surface area contributed by atoms with Gasteiger partial charge in [0.25, 0.3) is 0 Å². The van der Waals surface area contributed by atoms with Gasteiger partial charge in [-0.3, -0.25) is 4.79 Å². The second-order valence-electron chi connectivity index (χ2n) is 3.50. The maximum Gasteiger partial charge on any atom is 0.163 e. The van der Waals surface area contributed by atoms with Crippen LogP contribution in [0.1, 0.15) is 17.3 Å². The molecule has 1 aromatic carbocycles. The van der Waals surface area contributed by atoms with Gasteiger partial charge in [0.1, 0.15) is 24.2 Å². The number of benzene rings is 1. The molecule has 1 atom stereocenters. The molecule has 1 unspecified atom stereocenters. The third-order valence-electron chi connectivity index (χ3n) is 2.19. The minimum absolute atomic E-state index is 0.0447. The number of aromatic hydroxyl groups is 1. The molecule has 1 aromatic rings. The van der Waals surface area contributed by atoms with Crippen LogP contribution in [0.5, 0.6) is 11.5 Å². The molecule has 2 rings (SSSR count). The Morgan fingerprint density at radius 1 is 1.67 bits per heavy atom. The lowest BCUT2D eigenvalue weighted by molar-refractivity contribution is 0.101. The molecule has 80 valence electrons. The van der Waals surface area contributed by atoms with Crippen molar-refractivity contribution in [2.45, 2.75) is 13.0 Å². The van der Waals surface area contributed by atoms with Crippen LogP contribution in [0.2, 0.25) is 0 Å². The number of phenolic OH excluding ortho intramolecular Hbond substituents is 1. The van der Waals surface area contributed by atoms with Crippen molar-refractivity contribution in [2.24, 2.45) is 0 Å². The van der Waals surface area contributed by atoms with Crippen molar-refractivity contribution in [3.63, 3.8) is 0 Å². The fourth-order valence-electron chi connectivity index (χ4n) is 1.25. The Bertz CT molecular complexity index is 382. The number of carbonyl (C=O) groups excluding carboxylic acids is 1. The number of Topliss-reactive ketones (excluding diaryl/α,β-unsaturated/α-hetero) is 1. The molecule has 0 amide bonds.